The van der Waals surface area contributed by atoms with E-state index >= 15 is 0 Å². The van der Waals surface area contributed by atoms with Gasteiger partial charge < -0.3 is 15.4 Å². The average molecular weight is 341 g/mol. The minimum Gasteiger partial charge on any atom is -0.477 e. The Bertz CT molecular complexity index is 1010. The van der Waals surface area contributed by atoms with Gasteiger partial charge in [-0.2, -0.15) is 0 Å². The van der Waals surface area contributed by atoms with Gasteiger partial charge in [0.15, 0.2) is 0 Å². The summed E-state index contributed by atoms with van der Waals surface area (Å²) < 4.78 is 0. The number of benzene rings is 2. The molecule has 0 fully saturated rings. The van der Waals surface area contributed by atoms with Crippen molar-refractivity contribution in [3.63, 3.8) is 0 Å². The Kier molecular flexibility index (Phi) is 3.32. The van der Waals surface area contributed by atoms with Crippen LogP contribution in [0.25, 0.3) is 22.0 Å². The minimum absolute atomic E-state index is 0.115. The van der Waals surface area contributed by atoms with Crippen molar-refractivity contribution in [1.29, 1.82) is 0 Å². The Hall–Kier alpha value is -2.79. The quantitative estimate of drug-likeness (QED) is 0.668. The third kappa shape index (κ3) is 2.34. The van der Waals surface area contributed by atoms with Crippen molar-refractivity contribution in [2.24, 2.45) is 0 Å². The van der Waals surface area contributed by atoms with Crippen LogP contribution in [0.5, 0.6) is 0 Å². The molecular weight excluding hydrogens is 328 g/mol. The number of fused-ring (bicyclic) bond motifs is 2. The molecule has 24 heavy (non-hydrogen) atoms. The van der Waals surface area contributed by atoms with E-state index in [1.807, 2.05) is 24.3 Å². The number of carbonyl (C=O) groups is 2. The van der Waals surface area contributed by atoms with Crippen molar-refractivity contribution in [1.82, 2.24) is 10.3 Å². The first-order valence-electron chi connectivity index (χ1n) is 7.50. The molecule has 3 aromatic rings. The number of H-pyrrole nitrogens is 1. The molecule has 1 aliphatic heterocycles. The van der Waals surface area contributed by atoms with Crippen molar-refractivity contribution in [2.45, 2.75) is 6.42 Å². The Morgan fingerprint density at radius 2 is 1.92 bits per heavy atom. The lowest BCUT2D eigenvalue weighted by atomic mass is 9.90. The van der Waals surface area contributed by atoms with Crippen molar-refractivity contribution < 1.29 is 14.7 Å². The van der Waals surface area contributed by atoms with Gasteiger partial charge in [-0.1, -0.05) is 17.7 Å². The predicted octanol–water partition coefficient (Wildman–Crippen LogP) is 3.47. The third-order valence-electron chi connectivity index (χ3n) is 4.28. The molecular formula is C18H13ClN2O3. The Morgan fingerprint density at radius 1 is 1.12 bits per heavy atom. The summed E-state index contributed by atoms with van der Waals surface area (Å²) in [6.07, 6.45) is 0.735. The van der Waals surface area contributed by atoms with Gasteiger partial charge in [-0.15, -0.1) is 0 Å². The fourth-order valence-electron chi connectivity index (χ4n) is 3.18. The zero-order chi connectivity index (χ0) is 16.8. The number of carboxylic acid groups (broad SMARTS) is 1. The molecule has 5 nitrogen and oxygen atoms in total. The average Bonchev–Trinajstić information content (AvgIpc) is 2.98. The molecule has 1 aliphatic rings. The highest BCUT2D eigenvalue weighted by molar-refractivity contribution is 6.31. The SMILES string of the molecule is O=C(O)c1cc2cc(-c3cc(Cl)cc4c3CCNC4=O)ccc2[nH]1. The van der Waals surface area contributed by atoms with E-state index in [9.17, 15) is 9.59 Å². The fraction of sp³-hybridized carbons (Fsp3) is 0.111. The number of aromatic nitrogens is 1. The zero-order valence-corrected chi connectivity index (χ0v) is 13.3. The van der Waals surface area contributed by atoms with Crippen molar-refractivity contribution in [3.05, 3.63) is 58.2 Å². The second-order valence-electron chi connectivity index (χ2n) is 5.78. The minimum atomic E-state index is -0.996. The predicted molar refractivity (Wildman–Crippen MR) is 91.7 cm³/mol. The van der Waals surface area contributed by atoms with Crippen LogP contribution in [-0.2, 0) is 6.42 Å². The van der Waals surface area contributed by atoms with E-state index in [2.05, 4.69) is 10.3 Å². The number of aromatic carboxylic acids is 1. The van der Waals surface area contributed by atoms with Gasteiger partial charge in [0.2, 0.25) is 0 Å². The normalized spacial score (nSPS) is 13.6. The van der Waals surface area contributed by atoms with Crippen LogP contribution in [0.1, 0.15) is 26.4 Å². The van der Waals surface area contributed by atoms with Crippen molar-refractivity contribution in [3.8, 4) is 11.1 Å². The molecule has 1 aromatic heterocycles. The monoisotopic (exact) mass is 340 g/mol. The molecule has 0 saturated heterocycles. The smallest absolute Gasteiger partial charge is 0.352 e. The van der Waals surface area contributed by atoms with Crippen LogP contribution < -0.4 is 5.32 Å². The number of rotatable bonds is 2. The summed E-state index contributed by atoms with van der Waals surface area (Å²) in [6, 6.07) is 10.8. The molecule has 0 spiro atoms. The number of carboxylic acids is 1. The van der Waals surface area contributed by atoms with Gasteiger partial charge in [0.1, 0.15) is 5.69 Å². The van der Waals surface area contributed by atoms with Gasteiger partial charge in [0.25, 0.3) is 5.91 Å². The number of aromatic amines is 1. The van der Waals surface area contributed by atoms with Gasteiger partial charge in [-0.25, -0.2) is 4.79 Å². The summed E-state index contributed by atoms with van der Waals surface area (Å²) in [4.78, 5) is 26.0. The lowest BCUT2D eigenvalue weighted by Crippen LogP contribution is -2.32. The zero-order valence-electron chi connectivity index (χ0n) is 12.5. The molecule has 0 radical (unpaired) electrons. The lowest BCUT2D eigenvalue weighted by Gasteiger charge is -2.20. The van der Waals surface area contributed by atoms with E-state index in [-0.39, 0.29) is 11.6 Å². The maximum absolute atomic E-state index is 12.1. The van der Waals surface area contributed by atoms with Crippen LogP contribution in [0.3, 0.4) is 0 Å². The molecule has 2 aromatic carbocycles. The van der Waals surface area contributed by atoms with Crippen molar-refractivity contribution in [2.75, 3.05) is 6.54 Å². The lowest BCUT2D eigenvalue weighted by molar-refractivity contribution is 0.0691. The molecule has 4 rings (SSSR count). The Balaban J connectivity index is 1.91. The van der Waals surface area contributed by atoms with Crippen LogP contribution in [-0.4, -0.2) is 28.5 Å². The second-order valence-corrected chi connectivity index (χ2v) is 6.21. The number of nitrogens with one attached hydrogen (secondary N) is 2. The van der Waals surface area contributed by atoms with E-state index < -0.39 is 5.97 Å². The molecule has 0 saturated carbocycles. The van der Waals surface area contributed by atoms with Crippen molar-refractivity contribution >= 4 is 34.4 Å². The molecule has 120 valence electrons. The molecule has 2 heterocycles. The number of carbonyl (C=O) groups excluding carboxylic acids is 1. The molecule has 0 unspecified atom stereocenters. The maximum atomic E-state index is 12.1. The first kappa shape index (κ1) is 14.8. The van der Waals surface area contributed by atoms with Crippen LogP contribution >= 0.6 is 11.6 Å². The maximum Gasteiger partial charge on any atom is 0.352 e. The summed E-state index contributed by atoms with van der Waals surface area (Å²) in [5.74, 6) is -1.11. The summed E-state index contributed by atoms with van der Waals surface area (Å²) >= 11 is 6.20. The van der Waals surface area contributed by atoms with E-state index in [0.29, 0.717) is 17.1 Å². The second kappa shape index (κ2) is 5.39. The van der Waals surface area contributed by atoms with Crippen LogP contribution in [0.15, 0.2) is 36.4 Å². The first-order chi connectivity index (χ1) is 11.5. The fourth-order valence-corrected chi connectivity index (χ4v) is 3.40. The molecule has 3 N–H and O–H groups in total. The van der Waals surface area contributed by atoms with E-state index in [1.165, 1.54) is 0 Å². The largest absolute Gasteiger partial charge is 0.477 e. The van der Waals surface area contributed by atoms with Gasteiger partial charge >= 0.3 is 5.97 Å². The van der Waals surface area contributed by atoms with Gasteiger partial charge in [-0.05, 0) is 53.4 Å². The molecule has 0 atom stereocenters. The standard InChI is InChI=1S/C18H13ClN2O3/c19-11-7-13(12-3-4-20-17(22)14(12)8-11)9-1-2-15-10(5-9)6-16(21-15)18(23)24/h1-2,5-8,21H,3-4H2,(H,20,22)(H,23,24). The number of hydrogen-bond acceptors (Lipinski definition) is 2. The van der Waals surface area contributed by atoms with E-state index in [4.69, 9.17) is 16.7 Å². The number of hydrogen-bond donors (Lipinski definition) is 3. The topological polar surface area (TPSA) is 82.2 Å². The van der Waals surface area contributed by atoms with Crippen LogP contribution in [0.2, 0.25) is 5.02 Å². The molecule has 0 bridgehead atoms. The van der Waals surface area contributed by atoms with Gasteiger partial charge in [-0.3, -0.25) is 4.79 Å². The van der Waals surface area contributed by atoms with E-state index in [1.54, 1.807) is 12.1 Å². The first-order valence-corrected chi connectivity index (χ1v) is 7.88. The van der Waals surface area contributed by atoms with E-state index in [0.717, 1.165) is 34.0 Å². The molecule has 0 aliphatic carbocycles. The van der Waals surface area contributed by atoms with Gasteiger partial charge in [0.05, 0.1) is 0 Å². The number of halogens is 1. The highest BCUT2D eigenvalue weighted by atomic mass is 35.5. The summed E-state index contributed by atoms with van der Waals surface area (Å²) in [7, 11) is 0. The highest BCUT2D eigenvalue weighted by Crippen LogP contribution is 2.33. The van der Waals surface area contributed by atoms with Crippen LogP contribution in [0, 0.1) is 0 Å². The highest BCUT2D eigenvalue weighted by Gasteiger charge is 2.21. The Labute approximate surface area is 142 Å². The Morgan fingerprint density at radius 3 is 2.71 bits per heavy atom. The number of amides is 1. The van der Waals surface area contributed by atoms with Crippen LogP contribution in [0.4, 0.5) is 0 Å². The summed E-state index contributed by atoms with van der Waals surface area (Å²) in [5, 5.41) is 13.2. The molecule has 1 amide bonds. The summed E-state index contributed by atoms with van der Waals surface area (Å²) in [6.45, 7) is 0.593. The summed E-state index contributed by atoms with van der Waals surface area (Å²) in [5.41, 5.74) is 4.29. The van der Waals surface area contributed by atoms with Gasteiger partial charge in [0, 0.05) is 28.0 Å². The molecule has 6 heteroatoms. The third-order valence-corrected chi connectivity index (χ3v) is 4.50.